The predicted octanol–water partition coefficient (Wildman–Crippen LogP) is 3.83. The zero-order valence-corrected chi connectivity index (χ0v) is 14.4. The van der Waals surface area contributed by atoms with Gasteiger partial charge in [0.15, 0.2) is 0 Å². The molecule has 0 aliphatic carbocycles. The SMILES string of the molecule is N#Cc1cc2ccc(-c3ccccn3)cc2n(-c2ccc([N+](=O)[O-])cc2)c1=O. The highest BCUT2D eigenvalue weighted by molar-refractivity contribution is 5.86. The third-order valence-electron chi connectivity index (χ3n) is 4.40. The topological polar surface area (TPSA) is 102 Å². The number of nitriles is 1. The van der Waals surface area contributed by atoms with Crippen molar-refractivity contribution in [1.29, 1.82) is 5.26 Å². The number of nitrogens with zero attached hydrogens (tertiary/aromatic N) is 4. The lowest BCUT2D eigenvalue weighted by Gasteiger charge is -2.12. The maximum absolute atomic E-state index is 12.9. The zero-order valence-electron chi connectivity index (χ0n) is 14.4. The van der Waals surface area contributed by atoms with E-state index in [9.17, 15) is 20.2 Å². The van der Waals surface area contributed by atoms with Gasteiger partial charge in [-0.1, -0.05) is 18.2 Å². The Hall–Kier alpha value is -4.31. The Kier molecular flexibility index (Phi) is 4.14. The predicted molar refractivity (Wildman–Crippen MR) is 104 cm³/mol. The summed E-state index contributed by atoms with van der Waals surface area (Å²) in [5.41, 5.74) is 2.02. The summed E-state index contributed by atoms with van der Waals surface area (Å²) in [4.78, 5) is 27.6. The molecule has 0 radical (unpaired) electrons. The van der Waals surface area contributed by atoms with Crippen molar-refractivity contribution in [3.8, 4) is 23.0 Å². The number of nitro benzene ring substituents is 1. The highest BCUT2D eigenvalue weighted by Gasteiger charge is 2.13. The Morgan fingerprint density at radius 1 is 1.04 bits per heavy atom. The van der Waals surface area contributed by atoms with Crippen LogP contribution in [0.4, 0.5) is 5.69 Å². The van der Waals surface area contributed by atoms with Crippen LogP contribution in [0, 0.1) is 21.4 Å². The fourth-order valence-corrected chi connectivity index (χ4v) is 3.06. The van der Waals surface area contributed by atoms with Crippen molar-refractivity contribution >= 4 is 16.6 Å². The highest BCUT2D eigenvalue weighted by Crippen LogP contribution is 2.25. The van der Waals surface area contributed by atoms with Gasteiger partial charge in [0.05, 0.1) is 16.1 Å². The molecule has 0 atom stereocenters. The quantitative estimate of drug-likeness (QED) is 0.404. The number of hydrogen-bond acceptors (Lipinski definition) is 5. The minimum atomic E-state index is -0.504. The summed E-state index contributed by atoms with van der Waals surface area (Å²) >= 11 is 0. The van der Waals surface area contributed by atoms with Gasteiger partial charge in [0.1, 0.15) is 11.6 Å². The summed E-state index contributed by atoms with van der Waals surface area (Å²) in [6.45, 7) is 0. The van der Waals surface area contributed by atoms with E-state index in [1.807, 2.05) is 42.5 Å². The molecule has 2 aromatic heterocycles. The summed E-state index contributed by atoms with van der Waals surface area (Å²) in [6.07, 6.45) is 1.68. The maximum Gasteiger partial charge on any atom is 0.273 e. The largest absolute Gasteiger partial charge is 0.276 e. The molecule has 0 fully saturated rings. The van der Waals surface area contributed by atoms with Crippen LogP contribution in [0.5, 0.6) is 0 Å². The van der Waals surface area contributed by atoms with Crippen molar-refractivity contribution in [2.75, 3.05) is 0 Å². The van der Waals surface area contributed by atoms with Crippen LogP contribution < -0.4 is 5.56 Å². The first-order chi connectivity index (χ1) is 13.6. The molecule has 4 aromatic rings. The first-order valence-corrected chi connectivity index (χ1v) is 8.34. The number of pyridine rings is 2. The molecular formula is C21H12N4O3. The van der Waals surface area contributed by atoms with Gasteiger partial charge in [0, 0.05) is 35.0 Å². The Morgan fingerprint density at radius 2 is 1.82 bits per heavy atom. The Balaban J connectivity index is 2.01. The number of fused-ring (bicyclic) bond motifs is 1. The van der Waals surface area contributed by atoms with Crippen LogP contribution in [0.25, 0.3) is 27.8 Å². The molecule has 4 rings (SSSR count). The molecule has 0 aliphatic rings. The molecule has 134 valence electrons. The van der Waals surface area contributed by atoms with Gasteiger partial charge in [0.2, 0.25) is 0 Å². The van der Waals surface area contributed by atoms with Crippen molar-refractivity contribution in [2.45, 2.75) is 0 Å². The molecule has 0 unspecified atom stereocenters. The van der Waals surface area contributed by atoms with Crippen LogP contribution in [0.3, 0.4) is 0 Å². The summed E-state index contributed by atoms with van der Waals surface area (Å²) in [6, 6.07) is 20.2. The van der Waals surface area contributed by atoms with Crippen LogP contribution in [0.1, 0.15) is 5.56 Å². The van der Waals surface area contributed by atoms with Crippen LogP contribution in [0.2, 0.25) is 0 Å². The van der Waals surface area contributed by atoms with E-state index < -0.39 is 10.5 Å². The molecule has 2 heterocycles. The molecule has 0 amide bonds. The van der Waals surface area contributed by atoms with E-state index in [-0.39, 0.29) is 11.3 Å². The van der Waals surface area contributed by atoms with Crippen molar-refractivity contribution in [3.05, 3.63) is 99.0 Å². The molecule has 2 aromatic carbocycles. The number of hydrogen-bond donors (Lipinski definition) is 0. The molecule has 0 saturated heterocycles. The lowest BCUT2D eigenvalue weighted by atomic mass is 10.1. The number of nitro groups is 1. The van der Waals surface area contributed by atoms with Gasteiger partial charge in [-0.15, -0.1) is 0 Å². The monoisotopic (exact) mass is 368 g/mol. The van der Waals surface area contributed by atoms with Crippen molar-refractivity contribution in [3.63, 3.8) is 0 Å². The van der Waals surface area contributed by atoms with E-state index in [0.29, 0.717) is 16.6 Å². The molecule has 0 saturated carbocycles. The molecule has 0 N–H and O–H groups in total. The molecule has 0 bridgehead atoms. The van der Waals surface area contributed by atoms with E-state index in [1.54, 1.807) is 12.3 Å². The van der Waals surface area contributed by atoms with Crippen LogP contribution in [-0.2, 0) is 0 Å². The van der Waals surface area contributed by atoms with E-state index in [1.165, 1.54) is 28.8 Å². The Labute approximate surface area is 158 Å². The van der Waals surface area contributed by atoms with E-state index in [0.717, 1.165) is 11.3 Å². The van der Waals surface area contributed by atoms with Gasteiger partial charge in [-0.2, -0.15) is 5.26 Å². The first kappa shape index (κ1) is 17.1. The second kappa shape index (κ2) is 6.78. The fraction of sp³-hybridized carbons (Fsp3) is 0. The number of aromatic nitrogens is 2. The lowest BCUT2D eigenvalue weighted by molar-refractivity contribution is -0.384. The first-order valence-electron chi connectivity index (χ1n) is 8.34. The van der Waals surface area contributed by atoms with Gasteiger partial charge in [-0.3, -0.25) is 24.5 Å². The second-order valence-corrected chi connectivity index (χ2v) is 6.07. The van der Waals surface area contributed by atoms with Crippen molar-refractivity contribution in [2.24, 2.45) is 0 Å². The van der Waals surface area contributed by atoms with Crippen LogP contribution >= 0.6 is 0 Å². The third-order valence-corrected chi connectivity index (χ3v) is 4.40. The van der Waals surface area contributed by atoms with Gasteiger partial charge >= 0.3 is 0 Å². The van der Waals surface area contributed by atoms with E-state index in [4.69, 9.17) is 0 Å². The number of benzene rings is 2. The third kappa shape index (κ3) is 2.89. The summed E-state index contributed by atoms with van der Waals surface area (Å²) in [5, 5.41) is 21.0. The van der Waals surface area contributed by atoms with Crippen LogP contribution in [0.15, 0.2) is 77.7 Å². The molecule has 0 spiro atoms. The standard InChI is InChI=1S/C21H12N4O3/c22-13-16-11-15-5-4-14(19-3-1-2-10-23-19)12-20(15)24(21(16)26)17-6-8-18(9-7-17)25(27)28/h1-12H. The summed E-state index contributed by atoms with van der Waals surface area (Å²) in [7, 11) is 0. The molecule has 0 aliphatic heterocycles. The average molecular weight is 368 g/mol. The smallest absolute Gasteiger partial charge is 0.273 e. The fourth-order valence-electron chi connectivity index (χ4n) is 3.06. The molecule has 28 heavy (non-hydrogen) atoms. The van der Waals surface area contributed by atoms with Gasteiger partial charge in [0.25, 0.3) is 11.2 Å². The normalized spacial score (nSPS) is 10.5. The molecular weight excluding hydrogens is 356 g/mol. The van der Waals surface area contributed by atoms with Crippen molar-refractivity contribution in [1.82, 2.24) is 9.55 Å². The average Bonchev–Trinajstić information content (AvgIpc) is 2.73. The summed E-state index contributed by atoms with van der Waals surface area (Å²) < 4.78 is 1.39. The van der Waals surface area contributed by atoms with E-state index >= 15 is 0 Å². The van der Waals surface area contributed by atoms with Gasteiger partial charge in [-0.05, 0) is 36.4 Å². The van der Waals surface area contributed by atoms with E-state index in [2.05, 4.69) is 4.98 Å². The zero-order chi connectivity index (χ0) is 19.7. The van der Waals surface area contributed by atoms with Gasteiger partial charge < -0.3 is 0 Å². The highest BCUT2D eigenvalue weighted by atomic mass is 16.6. The van der Waals surface area contributed by atoms with Crippen molar-refractivity contribution < 1.29 is 4.92 Å². The number of non-ortho nitro benzene ring substituents is 1. The second-order valence-electron chi connectivity index (χ2n) is 6.07. The van der Waals surface area contributed by atoms with Crippen LogP contribution in [-0.4, -0.2) is 14.5 Å². The number of rotatable bonds is 3. The lowest BCUT2D eigenvalue weighted by Crippen LogP contribution is -2.21. The molecule has 7 nitrogen and oxygen atoms in total. The molecule has 7 heteroatoms. The minimum Gasteiger partial charge on any atom is -0.276 e. The summed E-state index contributed by atoms with van der Waals surface area (Å²) in [5.74, 6) is 0. The minimum absolute atomic E-state index is 0.00330. The van der Waals surface area contributed by atoms with Gasteiger partial charge in [-0.25, -0.2) is 0 Å². The Morgan fingerprint density at radius 3 is 2.46 bits per heavy atom. The Bertz CT molecular complexity index is 1300. The maximum atomic E-state index is 12.9.